The molecule has 0 aliphatic heterocycles. The van der Waals surface area contributed by atoms with Crippen LogP contribution in [0.25, 0.3) is 6.08 Å². The zero-order valence-electron chi connectivity index (χ0n) is 12.1. The number of carbonyl (C=O) groups is 2. The van der Waals surface area contributed by atoms with Crippen LogP contribution >= 0.6 is 0 Å². The summed E-state index contributed by atoms with van der Waals surface area (Å²) in [5.74, 6) is -0.893. The van der Waals surface area contributed by atoms with E-state index in [0.717, 1.165) is 24.8 Å². The Kier molecular flexibility index (Phi) is 8.21. The zero-order chi connectivity index (χ0) is 15.3. The number of amides is 1. The van der Waals surface area contributed by atoms with Crippen LogP contribution in [0.1, 0.15) is 38.2 Å². The molecule has 0 saturated heterocycles. The first-order valence-electron chi connectivity index (χ1n) is 6.96. The third-order valence-corrected chi connectivity index (χ3v) is 2.60. The summed E-state index contributed by atoms with van der Waals surface area (Å²) >= 11 is 0. The molecule has 0 atom stereocenters. The smallest absolute Gasteiger partial charge is 0.332 e. The van der Waals surface area contributed by atoms with Crippen LogP contribution in [-0.2, 0) is 14.4 Å². The van der Waals surface area contributed by atoms with Gasteiger partial charge in [-0.05, 0) is 24.1 Å². The normalized spacial score (nSPS) is 10.9. The summed E-state index contributed by atoms with van der Waals surface area (Å²) in [6.45, 7) is 2.05. The van der Waals surface area contributed by atoms with Crippen molar-refractivity contribution in [1.29, 1.82) is 0 Å². The van der Waals surface area contributed by atoms with E-state index in [0.29, 0.717) is 6.42 Å². The van der Waals surface area contributed by atoms with Gasteiger partial charge in [0.05, 0.1) is 0 Å². The van der Waals surface area contributed by atoms with Gasteiger partial charge < -0.3 is 4.84 Å². The molecule has 5 heteroatoms. The van der Waals surface area contributed by atoms with Gasteiger partial charge in [-0.15, -0.1) is 0 Å². The van der Waals surface area contributed by atoms with E-state index in [1.807, 2.05) is 18.2 Å². The Hall–Kier alpha value is -2.43. The highest BCUT2D eigenvalue weighted by Crippen LogP contribution is 2.00. The molecule has 1 rings (SSSR count). The summed E-state index contributed by atoms with van der Waals surface area (Å²) in [6, 6.07) is 3.70. The van der Waals surface area contributed by atoms with Crippen molar-refractivity contribution in [2.75, 3.05) is 0 Å². The van der Waals surface area contributed by atoms with Gasteiger partial charge in [-0.3, -0.25) is 9.78 Å². The molecule has 0 aliphatic carbocycles. The molecule has 5 nitrogen and oxygen atoms in total. The van der Waals surface area contributed by atoms with E-state index in [2.05, 4.69) is 22.2 Å². The second-order valence-corrected chi connectivity index (χ2v) is 4.40. The predicted molar refractivity (Wildman–Crippen MR) is 80.8 cm³/mol. The van der Waals surface area contributed by atoms with Gasteiger partial charge in [0.25, 0.3) is 5.91 Å². The van der Waals surface area contributed by atoms with E-state index in [4.69, 9.17) is 0 Å². The Morgan fingerprint density at radius 2 is 2.00 bits per heavy atom. The van der Waals surface area contributed by atoms with E-state index in [9.17, 15) is 9.59 Å². The molecular formula is C16H20N2O3. The van der Waals surface area contributed by atoms with Crippen molar-refractivity contribution in [1.82, 2.24) is 10.5 Å². The Labute approximate surface area is 124 Å². The summed E-state index contributed by atoms with van der Waals surface area (Å²) in [7, 11) is 0. The fraction of sp³-hybridized carbons (Fsp3) is 0.312. The fourth-order valence-electron chi connectivity index (χ4n) is 1.50. The molecule has 1 aromatic heterocycles. The van der Waals surface area contributed by atoms with Crippen molar-refractivity contribution in [2.24, 2.45) is 0 Å². The van der Waals surface area contributed by atoms with Crippen molar-refractivity contribution in [3.8, 4) is 0 Å². The Balaban J connectivity index is 2.22. The van der Waals surface area contributed by atoms with Crippen LogP contribution < -0.4 is 5.48 Å². The number of hydrogen-bond acceptors (Lipinski definition) is 4. The largest absolute Gasteiger partial charge is 0.341 e. The zero-order valence-corrected chi connectivity index (χ0v) is 12.1. The molecule has 0 saturated carbocycles. The van der Waals surface area contributed by atoms with Gasteiger partial charge in [0.15, 0.2) is 0 Å². The Morgan fingerprint density at radius 1 is 1.24 bits per heavy atom. The Morgan fingerprint density at radius 3 is 2.71 bits per heavy atom. The second kappa shape index (κ2) is 10.4. The summed E-state index contributed by atoms with van der Waals surface area (Å²) < 4.78 is 0. The molecule has 1 heterocycles. The van der Waals surface area contributed by atoms with Crippen molar-refractivity contribution in [3.63, 3.8) is 0 Å². The van der Waals surface area contributed by atoms with Crippen molar-refractivity contribution in [2.45, 2.75) is 32.6 Å². The standard InChI is InChI=1S/C16H20N2O3/c1-2-3-4-9-16(20)21-18-15(19)8-6-5-7-14-10-12-17-13-11-14/h5-8,10-13H,2-4,9H2,1H3,(H,18,19)/b7-5+,8-6+. The number of aromatic nitrogens is 1. The first kappa shape index (κ1) is 16.6. The van der Waals surface area contributed by atoms with Crippen LogP contribution in [0.5, 0.6) is 0 Å². The molecule has 1 aromatic rings. The highest BCUT2D eigenvalue weighted by Gasteiger charge is 2.03. The highest BCUT2D eigenvalue weighted by molar-refractivity contribution is 5.88. The Bertz CT molecular complexity index is 496. The maximum atomic E-state index is 11.4. The highest BCUT2D eigenvalue weighted by atomic mass is 16.7. The number of hydrogen-bond donors (Lipinski definition) is 1. The number of nitrogens with one attached hydrogen (secondary N) is 1. The van der Waals surface area contributed by atoms with Crippen LogP contribution in [0.4, 0.5) is 0 Å². The van der Waals surface area contributed by atoms with Crippen molar-refractivity contribution >= 4 is 18.0 Å². The molecule has 0 aromatic carbocycles. The number of carbonyl (C=O) groups excluding carboxylic acids is 2. The fourth-order valence-corrected chi connectivity index (χ4v) is 1.50. The van der Waals surface area contributed by atoms with Crippen LogP contribution in [0.2, 0.25) is 0 Å². The van der Waals surface area contributed by atoms with Crippen LogP contribution in [0.3, 0.4) is 0 Å². The maximum absolute atomic E-state index is 11.4. The van der Waals surface area contributed by atoms with Crippen LogP contribution in [-0.4, -0.2) is 16.9 Å². The molecule has 21 heavy (non-hydrogen) atoms. The number of hydroxylamine groups is 1. The van der Waals surface area contributed by atoms with Gasteiger partial charge in [0, 0.05) is 24.9 Å². The van der Waals surface area contributed by atoms with Crippen LogP contribution in [0.15, 0.2) is 42.8 Å². The van der Waals surface area contributed by atoms with Gasteiger partial charge in [-0.25, -0.2) is 4.79 Å². The molecule has 0 radical (unpaired) electrons. The lowest BCUT2D eigenvalue weighted by molar-refractivity contribution is -0.156. The third kappa shape index (κ3) is 8.36. The molecule has 1 amide bonds. The number of unbranched alkanes of at least 4 members (excludes halogenated alkanes) is 2. The lowest BCUT2D eigenvalue weighted by Gasteiger charge is -2.02. The van der Waals surface area contributed by atoms with Crippen LogP contribution in [0, 0.1) is 0 Å². The predicted octanol–water partition coefficient (Wildman–Crippen LogP) is 2.81. The molecule has 112 valence electrons. The molecule has 0 aliphatic rings. The minimum atomic E-state index is -0.474. The van der Waals surface area contributed by atoms with Gasteiger partial charge in [0.2, 0.25) is 0 Å². The first-order chi connectivity index (χ1) is 10.2. The third-order valence-electron chi connectivity index (χ3n) is 2.60. The molecule has 0 fully saturated rings. The van der Waals surface area contributed by atoms with E-state index in [1.54, 1.807) is 24.5 Å². The van der Waals surface area contributed by atoms with Crippen molar-refractivity contribution in [3.05, 3.63) is 48.3 Å². The number of nitrogens with zero attached hydrogens (tertiary/aromatic N) is 1. The summed E-state index contributed by atoms with van der Waals surface area (Å²) in [5, 5.41) is 0. The topological polar surface area (TPSA) is 68.3 Å². The van der Waals surface area contributed by atoms with Gasteiger partial charge in [-0.2, -0.15) is 5.48 Å². The van der Waals surface area contributed by atoms with Gasteiger partial charge >= 0.3 is 5.97 Å². The lowest BCUT2D eigenvalue weighted by atomic mass is 10.2. The van der Waals surface area contributed by atoms with E-state index in [1.165, 1.54) is 6.08 Å². The minimum Gasteiger partial charge on any atom is -0.341 e. The van der Waals surface area contributed by atoms with Crippen molar-refractivity contribution < 1.29 is 14.4 Å². The average molecular weight is 288 g/mol. The monoisotopic (exact) mass is 288 g/mol. The molecule has 0 spiro atoms. The number of rotatable bonds is 7. The summed E-state index contributed by atoms with van der Waals surface area (Å²) in [4.78, 5) is 31.2. The lowest BCUT2D eigenvalue weighted by Crippen LogP contribution is -2.25. The molecule has 1 N–H and O–H groups in total. The first-order valence-corrected chi connectivity index (χ1v) is 6.96. The quantitative estimate of drug-likeness (QED) is 0.362. The molecule has 0 unspecified atom stereocenters. The summed E-state index contributed by atoms with van der Waals surface area (Å²) in [6.07, 6.45) is 12.9. The van der Waals surface area contributed by atoms with E-state index in [-0.39, 0.29) is 0 Å². The molecular weight excluding hydrogens is 268 g/mol. The summed E-state index contributed by atoms with van der Waals surface area (Å²) in [5.41, 5.74) is 3.07. The number of allylic oxidation sites excluding steroid dienone is 2. The second-order valence-electron chi connectivity index (χ2n) is 4.40. The average Bonchev–Trinajstić information content (AvgIpc) is 2.51. The van der Waals surface area contributed by atoms with Gasteiger partial charge in [0.1, 0.15) is 0 Å². The van der Waals surface area contributed by atoms with E-state index >= 15 is 0 Å². The minimum absolute atomic E-state index is 0.319. The number of pyridine rings is 1. The molecule has 0 bridgehead atoms. The van der Waals surface area contributed by atoms with Gasteiger partial charge in [-0.1, -0.05) is 38.0 Å². The SMILES string of the molecule is CCCCCC(=O)ONC(=O)/C=C/C=C/c1ccncc1. The van der Waals surface area contributed by atoms with E-state index < -0.39 is 11.9 Å². The maximum Gasteiger partial charge on any atom is 0.332 e.